The van der Waals surface area contributed by atoms with Crippen molar-refractivity contribution < 1.29 is 4.74 Å². The van der Waals surface area contributed by atoms with E-state index in [-0.39, 0.29) is 0 Å². The minimum absolute atomic E-state index is 0.298. The predicted molar refractivity (Wildman–Crippen MR) is 69.5 cm³/mol. The van der Waals surface area contributed by atoms with E-state index in [2.05, 4.69) is 48.7 Å². The molecule has 0 bridgehead atoms. The van der Waals surface area contributed by atoms with Crippen molar-refractivity contribution in [1.29, 1.82) is 0 Å². The van der Waals surface area contributed by atoms with Gasteiger partial charge in [0.2, 0.25) is 0 Å². The molecule has 0 aromatic carbocycles. The molecular formula is C12H21BrN2O. The Morgan fingerprint density at radius 2 is 2.06 bits per heavy atom. The molecule has 1 aromatic heterocycles. The van der Waals surface area contributed by atoms with Gasteiger partial charge in [-0.05, 0) is 42.6 Å². The van der Waals surface area contributed by atoms with E-state index in [1.807, 2.05) is 10.9 Å². The number of hydrogen-bond acceptors (Lipinski definition) is 2. The highest BCUT2D eigenvalue weighted by molar-refractivity contribution is 9.10. The van der Waals surface area contributed by atoms with Crippen molar-refractivity contribution in [2.75, 3.05) is 0 Å². The SMILES string of the molecule is CC[C@@H](C)n1ncc(Br)c1CO[C@@H](C)CC. The average Bonchev–Trinajstić information content (AvgIpc) is 2.66. The molecule has 92 valence electrons. The molecule has 0 aliphatic carbocycles. The first-order chi connectivity index (χ1) is 7.60. The lowest BCUT2D eigenvalue weighted by Crippen LogP contribution is -2.13. The summed E-state index contributed by atoms with van der Waals surface area (Å²) >= 11 is 3.52. The molecule has 3 nitrogen and oxygen atoms in total. The summed E-state index contributed by atoms with van der Waals surface area (Å²) in [7, 11) is 0. The summed E-state index contributed by atoms with van der Waals surface area (Å²) in [5.41, 5.74) is 1.13. The van der Waals surface area contributed by atoms with Crippen LogP contribution in [0, 0.1) is 0 Å². The summed E-state index contributed by atoms with van der Waals surface area (Å²) in [6, 6.07) is 0.418. The van der Waals surface area contributed by atoms with Gasteiger partial charge in [-0.2, -0.15) is 5.10 Å². The topological polar surface area (TPSA) is 27.1 Å². The van der Waals surface area contributed by atoms with Crippen molar-refractivity contribution >= 4 is 15.9 Å². The van der Waals surface area contributed by atoms with Gasteiger partial charge in [-0.3, -0.25) is 4.68 Å². The second kappa shape index (κ2) is 6.40. The molecule has 0 saturated carbocycles. The highest BCUT2D eigenvalue weighted by Crippen LogP contribution is 2.22. The quantitative estimate of drug-likeness (QED) is 0.793. The molecule has 0 radical (unpaired) electrons. The average molecular weight is 289 g/mol. The lowest BCUT2D eigenvalue weighted by atomic mass is 10.2. The van der Waals surface area contributed by atoms with Gasteiger partial charge in [0.25, 0.3) is 0 Å². The third-order valence-corrected chi connectivity index (χ3v) is 3.60. The Kier molecular flexibility index (Phi) is 5.49. The number of nitrogens with zero attached hydrogens (tertiary/aromatic N) is 2. The zero-order chi connectivity index (χ0) is 12.1. The molecular weight excluding hydrogens is 268 g/mol. The summed E-state index contributed by atoms with van der Waals surface area (Å²) in [5, 5.41) is 4.38. The van der Waals surface area contributed by atoms with Crippen LogP contribution in [-0.2, 0) is 11.3 Å². The maximum Gasteiger partial charge on any atom is 0.0900 e. The summed E-state index contributed by atoms with van der Waals surface area (Å²) in [4.78, 5) is 0. The smallest absolute Gasteiger partial charge is 0.0900 e. The van der Waals surface area contributed by atoms with Crippen LogP contribution in [0.4, 0.5) is 0 Å². The monoisotopic (exact) mass is 288 g/mol. The van der Waals surface area contributed by atoms with Gasteiger partial charge >= 0.3 is 0 Å². The highest BCUT2D eigenvalue weighted by Gasteiger charge is 2.13. The molecule has 16 heavy (non-hydrogen) atoms. The molecule has 1 heterocycles. The lowest BCUT2D eigenvalue weighted by Gasteiger charge is -2.16. The van der Waals surface area contributed by atoms with Crippen molar-refractivity contribution in [3.05, 3.63) is 16.4 Å². The minimum Gasteiger partial charge on any atom is -0.372 e. The first kappa shape index (κ1) is 13.7. The van der Waals surface area contributed by atoms with E-state index in [1.165, 1.54) is 0 Å². The Morgan fingerprint density at radius 1 is 1.38 bits per heavy atom. The van der Waals surface area contributed by atoms with Gasteiger partial charge in [-0.1, -0.05) is 13.8 Å². The number of aromatic nitrogens is 2. The zero-order valence-electron chi connectivity index (χ0n) is 10.5. The third kappa shape index (κ3) is 3.32. The fourth-order valence-corrected chi connectivity index (χ4v) is 1.78. The van der Waals surface area contributed by atoms with Crippen LogP contribution in [0.25, 0.3) is 0 Å². The van der Waals surface area contributed by atoms with Crippen LogP contribution in [-0.4, -0.2) is 15.9 Å². The van der Waals surface area contributed by atoms with Crippen molar-refractivity contribution in [1.82, 2.24) is 9.78 Å². The van der Waals surface area contributed by atoms with Crippen LogP contribution >= 0.6 is 15.9 Å². The van der Waals surface area contributed by atoms with Crippen molar-refractivity contribution in [2.24, 2.45) is 0 Å². The van der Waals surface area contributed by atoms with Gasteiger partial charge in [0.15, 0.2) is 0 Å². The number of halogens is 1. The Bertz CT molecular complexity index is 325. The minimum atomic E-state index is 0.298. The van der Waals surface area contributed by atoms with Crippen LogP contribution in [0.5, 0.6) is 0 Å². The maximum absolute atomic E-state index is 5.76. The van der Waals surface area contributed by atoms with E-state index >= 15 is 0 Å². The second-order valence-electron chi connectivity index (χ2n) is 4.17. The number of ether oxygens (including phenoxy) is 1. The van der Waals surface area contributed by atoms with Crippen LogP contribution in [0.1, 0.15) is 52.3 Å². The molecule has 0 aliphatic rings. The Morgan fingerprint density at radius 3 is 2.62 bits per heavy atom. The number of hydrogen-bond donors (Lipinski definition) is 0. The van der Waals surface area contributed by atoms with Crippen molar-refractivity contribution in [3.63, 3.8) is 0 Å². The molecule has 0 N–H and O–H groups in total. The van der Waals surface area contributed by atoms with Crippen LogP contribution in [0.2, 0.25) is 0 Å². The normalized spacial score (nSPS) is 15.1. The molecule has 0 unspecified atom stereocenters. The van der Waals surface area contributed by atoms with Crippen LogP contribution in [0.15, 0.2) is 10.7 Å². The molecule has 1 aromatic rings. The van der Waals surface area contributed by atoms with Crippen LogP contribution in [0.3, 0.4) is 0 Å². The molecule has 0 fully saturated rings. The van der Waals surface area contributed by atoms with E-state index in [1.54, 1.807) is 0 Å². The molecule has 0 saturated heterocycles. The van der Waals surface area contributed by atoms with E-state index in [9.17, 15) is 0 Å². The fourth-order valence-electron chi connectivity index (χ4n) is 1.39. The van der Waals surface area contributed by atoms with Crippen molar-refractivity contribution in [2.45, 2.75) is 59.3 Å². The Hall–Kier alpha value is -0.350. The fraction of sp³-hybridized carbons (Fsp3) is 0.750. The standard InChI is InChI=1S/C12H21BrN2O/c1-5-9(3)15-12(11(13)7-14-15)8-16-10(4)6-2/h7,9-10H,5-6,8H2,1-4H3/t9-,10+/m1/s1. The van der Waals surface area contributed by atoms with E-state index < -0.39 is 0 Å². The summed E-state index contributed by atoms with van der Waals surface area (Å²) in [6.45, 7) is 9.19. The highest BCUT2D eigenvalue weighted by atomic mass is 79.9. The Labute approximate surface area is 106 Å². The first-order valence-corrected chi connectivity index (χ1v) is 6.72. The number of rotatable bonds is 6. The summed E-state index contributed by atoms with van der Waals surface area (Å²) in [6.07, 6.45) is 4.26. The largest absolute Gasteiger partial charge is 0.372 e. The van der Waals surface area contributed by atoms with Crippen LogP contribution < -0.4 is 0 Å². The predicted octanol–water partition coefficient (Wildman–Crippen LogP) is 3.93. The molecule has 0 aliphatic heterocycles. The van der Waals surface area contributed by atoms with Gasteiger partial charge in [0.05, 0.1) is 29.1 Å². The van der Waals surface area contributed by atoms with Gasteiger partial charge in [0.1, 0.15) is 0 Å². The molecule has 0 amide bonds. The second-order valence-corrected chi connectivity index (χ2v) is 5.03. The van der Waals surface area contributed by atoms with Gasteiger partial charge in [0, 0.05) is 6.04 Å². The molecule has 0 spiro atoms. The summed E-state index contributed by atoms with van der Waals surface area (Å²) < 4.78 is 8.85. The van der Waals surface area contributed by atoms with E-state index in [4.69, 9.17) is 4.74 Å². The van der Waals surface area contributed by atoms with Gasteiger partial charge in [-0.15, -0.1) is 0 Å². The zero-order valence-corrected chi connectivity index (χ0v) is 12.1. The molecule has 2 atom stereocenters. The van der Waals surface area contributed by atoms with E-state index in [0.29, 0.717) is 18.8 Å². The molecule has 1 rings (SSSR count). The maximum atomic E-state index is 5.76. The third-order valence-electron chi connectivity index (χ3n) is 2.94. The summed E-state index contributed by atoms with van der Waals surface area (Å²) in [5.74, 6) is 0. The molecule has 4 heteroatoms. The van der Waals surface area contributed by atoms with Gasteiger partial charge in [-0.25, -0.2) is 0 Å². The van der Waals surface area contributed by atoms with E-state index in [0.717, 1.165) is 23.0 Å². The van der Waals surface area contributed by atoms with Gasteiger partial charge < -0.3 is 4.74 Å². The van der Waals surface area contributed by atoms with Crippen molar-refractivity contribution in [3.8, 4) is 0 Å². The Balaban J connectivity index is 2.73. The first-order valence-electron chi connectivity index (χ1n) is 5.93. The lowest BCUT2D eigenvalue weighted by molar-refractivity contribution is 0.0455.